The third-order valence-electron chi connectivity index (χ3n) is 2.04. The molecule has 0 bridgehead atoms. The molecular formula is C11H17NO. The Kier molecular flexibility index (Phi) is 2.60. The van der Waals surface area contributed by atoms with E-state index in [-0.39, 0.29) is 5.41 Å². The molecule has 1 heterocycles. The van der Waals surface area contributed by atoms with Crippen LogP contribution in [0.3, 0.4) is 0 Å². The Labute approximate surface area is 80.0 Å². The van der Waals surface area contributed by atoms with Crippen LogP contribution in [0.15, 0.2) is 12.3 Å². The van der Waals surface area contributed by atoms with Gasteiger partial charge in [-0.15, -0.1) is 0 Å². The summed E-state index contributed by atoms with van der Waals surface area (Å²) in [5.41, 5.74) is 2.23. The van der Waals surface area contributed by atoms with E-state index in [2.05, 4.69) is 25.8 Å². The molecule has 0 aromatic carbocycles. The summed E-state index contributed by atoms with van der Waals surface area (Å²) in [7, 11) is 1.69. The van der Waals surface area contributed by atoms with Crippen molar-refractivity contribution in [3.8, 4) is 5.75 Å². The van der Waals surface area contributed by atoms with E-state index in [1.54, 1.807) is 7.11 Å². The number of hydrogen-bond donors (Lipinski definition) is 0. The van der Waals surface area contributed by atoms with Crippen molar-refractivity contribution in [3.63, 3.8) is 0 Å². The van der Waals surface area contributed by atoms with Gasteiger partial charge in [0, 0.05) is 28.9 Å². The summed E-state index contributed by atoms with van der Waals surface area (Å²) in [6.45, 7) is 8.43. The first-order chi connectivity index (χ1) is 5.95. The third kappa shape index (κ3) is 2.20. The quantitative estimate of drug-likeness (QED) is 0.661. The first kappa shape index (κ1) is 10.0. The SMILES string of the molecule is COc1cc(C(C)(C)C)ncc1C. The molecule has 1 aromatic heterocycles. The zero-order valence-electron chi connectivity index (χ0n) is 9.01. The maximum atomic E-state index is 5.24. The van der Waals surface area contributed by atoms with Crippen molar-refractivity contribution in [1.29, 1.82) is 0 Å². The number of ether oxygens (including phenoxy) is 1. The molecule has 0 fully saturated rings. The molecule has 13 heavy (non-hydrogen) atoms. The largest absolute Gasteiger partial charge is 0.496 e. The normalized spacial score (nSPS) is 11.5. The van der Waals surface area contributed by atoms with Crippen molar-refractivity contribution in [1.82, 2.24) is 4.98 Å². The van der Waals surface area contributed by atoms with Gasteiger partial charge in [-0.3, -0.25) is 4.98 Å². The van der Waals surface area contributed by atoms with Crippen LogP contribution in [0.2, 0.25) is 0 Å². The molecule has 0 radical (unpaired) electrons. The standard InChI is InChI=1S/C11H17NO/c1-8-7-12-10(11(2,3)4)6-9(8)13-5/h6-7H,1-5H3. The van der Waals surface area contributed by atoms with Gasteiger partial charge in [0.15, 0.2) is 0 Å². The van der Waals surface area contributed by atoms with Gasteiger partial charge in [-0.25, -0.2) is 0 Å². The van der Waals surface area contributed by atoms with E-state index in [1.807, 2.05) is 19.2 Å². The van der Waals surface area contributed by atoms with Crippen molar-refractivity contribution in [2.45, 2.75) is 33.1 Å². The van der Waals surface area contributed by atoms with Crippen molar-refractivity contribution in [2.24, 2.45) is 0 Å². The van der Waals surface area contributed by atoms with Crippen LogP contribution in [-0.2, 0) is 5.41 Å². The zero-order valence-corrected chi connectivity index (χ0v) is 9.01. The molecule has 1 rings (SSSR count). The number of hydrogen-bond acceptors (Lipinski definition) is 2. The highest BCUT2D eigenvalue weighted by Gasteiger charge is 2.16. The van der Waals surface area contributed by atoms with E-state index in [1.165, 1.54) is 0 Å². The number of nitrogens with zero attached hydrogens (tertiary/aromatic N) is 1. The van der Waals surface area contributed by atoms with Gasteiger partial charge in [-0.05, 0) is 6.92 Å². The summed E-state index contributed by atoms with van der Waals surface area (Å²) in [5.74, 6) is 0.917. The van der Waals surface area contributed by atoms with Crippen LogP contribution >= 0.6 is 0 Å². The minimum Gasteiger partial charge on any atom is -0.496 e. The Balaban J connectivity index is 3.14. The number of pyridine rings is 1. The highest BCUT2D eigenvalue weighted by atomic mass is 16.5. The molecule has 2 nitrogen and oxygen atoms in total. The fourth-order valence-electron chi connectivity index (χ4n) is 1.14. The fraction of sp³-hybridized carbons (Fsp3) is 0.545. The minimum atomic E-state index is 0.0843. The Bertz CT molecular complexity index is 299. The van der Waals surface area contributed by atoms with E-state index in [4.69, 9.17) is 4.74 Å². The number of rotatable bonds is 1. The van der Waals surface area contributed by atoms with Crippen LogP contribution in [0.5, 0.6) is 5.75 Å². The van der Waals surface area contributed by atoms with Crippen LogP contribution in [0.1, 0.15) is 32.0 Å². The van der Waals surface area contributed by atoms with E-state index in [0.29, 0.717) is 0 Å². The Hall–Kier alpha value is -1.05. The summed E-state index contributed by atoms with van der Waals surface area (Å²) >= 11 is 0. The van der Waals surface area contributed by atoms with Gasteiger partial charge in [-0.1, -0.05) is 20.8 Å². The smallest absolute Gasteiger partial charge is 0.125 e. The van der Waals surface area contributed by atoms with Gasteiger partial charge in [0.1, 0.15) is 5.75 Å². The van der Waals surface area contributed by atoms with Crippen molar-refractivity contribution in [2.75, 3.05) is 7.11 Å². The van der Waals surface area contributed by atoms with E-state index in [0.717, 1.165) is 17.0 Å². The average Bonchev–Trinajstić information content (AvgIpc) is 2.03. The number of aryl methyl sites for hydroxylation is 1. The second-order valence-corrected chi connectivity index (χ2v) is 4.29. The minimum absolute atomic E-state index is 0.0843. The predicted molar refractivity (Wildman–Crippen MR) is 54.2 cm³/mol. The molecule has 0 amide bonds. The Morgan fingerprint density at radius 3 is 2.38 bits per heavy atom. The van der Waals surface area contributed by atoms with Crippen LogP contribution in [0, 0.1) is 6.92 Å². The second kappa shape index (κ2) is 3.36. The molecule has 0 saturated heterocycles. The van der Waals surface area contributed by atoms with Gasteiger partial charge < -0.3 is 4.74 Å². The maximum Gasteiger partial charge on any atom is 0.125 e. The van der Waals surface area contributed by atoms with Gasteiger partial charge >= 0.3 is 0 Å². The van der Waals surface area contributed by atoms with Gasteiger partial charge in [0.25, 0.3) is 0 Å². The second-order valence-electron chi connectivity index (χ2n) is 4.29. The molecule has 0 unspecified atom stereocenters. The Morgan fingerprint density at radius 1 is 1.31 bits per heavy atom. The van der Waals surface area contributed by atoms with E-state index in [9.17, 15) is 0 Å². The molecule has 0 spiro atoms. The summed E-state index contributed by atoms with van der Waals surface area (Å²) in [6.07, 6.45) is 1.86. The fourth-order valence-corrected chi connectivity index (χ4v) is 1.14. The van der Waals surface area contributed by atoms with Gasteiger partial charge in [0.2, 0.25) is 0 Å². The third-order valence-corrected chi connectivity index (χ3v) is 2.04. The highest BCUT2D eigenvalue weighted by molar-refractivity contribution is 5.33. The molecule has 0 aliphatic rings. The van der Waals surface area contributed by atoms with Crippen LogP contribution < -0.4 is 4.74 Å². The molecule has 0 atom stereocenters. The first-order valence-corrected chi connectivity index (χ1v) is 4.46. The Morgan fingerprint density at radius 2 is 1.92 bits per heavy atom. The molecule has 0 N–H and O–H groups in total. The van der Waals surface area contributed by atoms with Gasteiger partial charge in [0.05, 0.1) is 7.11 Å². The van der Waals surface area contributed by atoms with Crippen LogP contribution in [0.25, 0.3) is 0 Å². The average molecular weight is 179 g/mol. The van der Waals surface area contributed by atoms with E-state index < -0.39 is 0 Å². The van der Waals surface area contributed by atoms with E-state index >= 15 is 0 Å². The molecule has 0 aliphatic carbocycles. The first-order valence-electron chi connectivity index (χ1n) is 4.46. The lowest BCUT2D eigenvalue weighted by Crippen LogP contribution is -2.13. The number of aromatic nitrogens is 1. The molecule has 1 aromatic rings. The lowest BCUT2D eigenvalue weighted by atomic mass is 9.91. The summed E-state index contributed by atoms with van der Waals surface area (Å²) in [6, 6.07) is 2.01. The molecule has 72 valence electrons. The molecule has 0 saturated carbocycles. The van der Waals surface area contributed by atoms with Crippen molar-refractivity contribution >= 4 is 0 Å². The number of methoxy groups -OCH3 is 1. The zero-order chi connectivity index (χ0) is 10.1. The maximum absolute atomic E-state index is 5.24. The predicted octanol–water partition coefficient (Wildman–Crippen LogP) is 2.70. The monoisotopic (exact) mass is 179 g/mol. The highest BCUT2D eigenvalue weighted by Crippen LogP contribution is 2.25. The molecular weight excluding hydrogens is 162 g/mol. The summed E-state index contributed by atoms with van der Waals surface area (Å²) in [4.78, 5) is 4.38. The summed E-state index contributed by atoms with van der Waals surface area (Å²) < 4.78 is 5.24. The topological polar surface area (TPSA) is 22.1 Å². The van der Waals surface area contributed by atoms with Crippen LogP contribution in [-0.4, -0.2) is 12.1 Å². The van der Waals surface area contributed by atoms with Crippen molar-refractivity contribution < 1.29 is 4.74 Å². The molecule has 2 heteroatoms. The lowest BCUT2D eigenvalue weighted by molar-refractivity contribution is 0.408. The lowest BCUT2D eigenvalue weighted by Gasteiger charge is -2.18. The van der Waals surface area contributed by atoms with Gasteiger partial charge in [-0.2, -0.15) is 0 Å². The van der Waals surface area contributed by atoms with Crippen LogP contribution in [0.4, 0.5) is 0 Å². The van der Waals surface area contributed by atoms with Crippen molar-refractivity contribution in [3.05, 3.63) is 23.5 Å². The molecule has 0 aliphatic heterocycles. The summed E-state index contributed by atoms with van der Waals surface area (Å²) in [5, 5.41) is 0.